The van der Waals surface area contributed by atoms with Crippen LogP contribution in [0.5, 0.6) is 0 Å². The van der Waals surface area contributed by atoms with Gasteiger partial charge < -0.3 is 9.64 Å². The van der Waals surface area contributed by atoms with Crippen LogP contribution in [0.25, 0.3) is 0 Å². The molecule has 2 aliphatic rings. The van der Waals surface area contributed by atoms with Gasteiger partial charge in [-0.2, -0.15) is 4.37 Å². The van der Waals surface area contributed by atoms with E-state index in [0.29, 0.717) is 5.92 Å². The third-order valence-electron chi connectivity index (χ3n) is 4.40. The van der Waals surface area contributed by atoms with E-state index in [1.165, 1.54) is 0 Å². The minimum Gasteiger partial charge on any atom is -0.379 e. The second-order valence-corrected chi connectivity index (χ2v) is 7.19. The van der Waals surface area contributed by atoms with E-state index in [9.17, 15) is 0 Å². The average Bonchev–Trinajstić information content (AvgIpc) is 3.03. The Labute approximate surface area is 125 Å². The molecule has 0 saturated carbocycles. The Morgan fingerprint density at radius 2 is 2.25 bits per heavy atom. The lowest BCUT2D eigenvalue weighted by Crippen LogP contribution is -2.61. The number of likely N-dealkylation sites (N-methyl/N-ethyl adjacent to an activating group) is 1. The first-order valence-corrected chi connectivity index (χ1v) is 8.23. The molecule has 1 aromatic rings. The van der Waals surface area contributed by atoms with Gasteiger partial charge in [-0.15, -0.1) is 0 Å². The van der Waals surface area contributed by atoms with Gasteiger partial charge in [-0.1, -0.05) is 13.8 Å². The Morgan fingerprint density at radius 3 is 2.95 bits per heavy atom. The summed E-state index contributed by atoms with van der Waals surface area (Å²) in [4.78, 5) is 9.59. The van der Waals surface area contributed by atoms with Gasteiger partial charge >= 0.3 is 0 Å². The van der Waals surface area contributed by atoms with Gasteiger partial charge in [0.05, 0.1) is 12.1 Å². The molecule has 0 radical (unpaired) electrons. The lowest BCUT2D eigenvalue weighted by atomic mass is 9.94. The number of ether oxygens (including phenoxy) is 1. The van der Waals surface area contributed by atoms with Crippen molar-refractivity contribution in [2.45, 2.75) is 32.2 Å². The van der Waals surface area contributed by atoms with Crippen LogP contribution in [0.15, 0.2) is 0 Å². The Morgan fingerprint density at radius 1 is 1.40 bits per heavy atom. The van der Waals surface area contributed by atoms with Crippen LogP contribution in [0, 0.1) is 5.92 Å². The van der Waals surface area contributed by atoms with Crippen LogP contribution in [0.1, 0.15) is 26.1 Å². The third kappa shape index (κ3) is 2.69. The second kappa shape index (κ2) is 5.58. The van der Waals surface area contributed by atoms with E-state index in [0.717, 1.165) is 56.6 Å². The third-order valence-corrected chi connectivity index (χ3v) is 5.22. The molecule has 0 bridgehead atoms. The minimum absolute atomic E-state index is 0.183. The maximum Gasteiger partial charge on any atom is 0.205 e. The first kappa shape index (κ1) is 14.2. The van der Waals surface area contributed by atoms with Crippen molar-refractivity contribution in [2.75, 3.05) is 44.8 Å². The fourth-order valence-electron chi connectivity index (χ4n) is 3.07. The van der Waals surface area contributed by atoms with Crippen molar-refractivity contribution in [1.29, 1.82) is 0 Å². The Hall–Kier alpha value is -0.720. The quantitative estimate of drug-likeness (QED) is 0.848. The summed E-state index contributed by atoms with van der Waals surface area (Å²) in [5.74, 6) is 1.61. The van der Waals surface area contributed by atoms with Crippen molar-refractivity contribution in [3.8, 4) is 0 Å². The van der Waals surface area contributed by atoms with Crippen LogP contribution in [-0.4, -0.2) is 59.7 Å². The summed E-state index contributed by atoms with van der Waals surface area (Å²) in [7, 11) is 2.22. The molecular formula is C14H24N4OS. The van der Waals surface area contributed by atoms with Crippen LogP contribution in [0.2, 0.25) is 0 Å². The zero-order valence-corrected chi connectivity index (χ0v) is 13.4. The molecule has 2 aliphatic heterocycles. The highest BCUT2D eigenvalue weighted by Crippen LogP contribution is 2.32. The van der Waals surface area contributed by atoms with E-state index in [4.69, 9.17) is 9.72 Å². The van der Waals surface area contributed by atoms with E-state index in [2.05, 4.69) is 35.1 Å². The molecule has 1 spiro atoms. The first-order chi connectivity index (χ1) is 9.59. The number of hydrogen-bond acceptors (Lipinski definition) is 6. The molecule has 2 saturated heterocycles. The Balaban J connectivity index is 1.72. The number of nitrogens with zero attached hydrogens (tertiary/aromatic N) is 4. The van der Waals surface area contributed by atoms with Gasteiger partial charge in [0.25, 0.3) is 0 Å². The second-order valence-electron chi connectivity index (χ2n) is 6.46. The van der Waals surface area contributed by atoms with Crippen molar-refractivity contribution in [1.82, 2.24) is 14.3 Å². The summed E-state index contributed by atoms with van der Waals surface area (Å²) >= 11 is 1.55. The van der Waals surface area contributed by atoms with Crippen molar-refractivity contribution in [3.63, 3.8) is 0 Å². The van der Waals surface area contributed by atoms with E-state index >= 15 is 0 Å². The molecule has 6 heteroatoms. The van der Waals surface area contributed by atoms with E-state index < -0.39 is 0 Å². The maximum atomic E-state index is 5.65. The summed E-state index contributed by atoms with van der Waals surface area (Å²) < 4.78 is 10.2. The number of rotatable bonds is 3. The van der Waals surface area contributed by atoms with Crippen LogP contribution >= 0.6 is 11.5 Å². The Bertz CT molecular complexity index is 456. The number of piperazine rings is 1. The topological polar surface area (TPSA) is 41.5 Å². The molecule has 3 rings (SSSR count). The molecule has 0 unspecified atom stereocenters. The van der Waals surface area contributed by atoms with Crippen LogP contribution in [0.4, 0.5) is 5.13 Å². The molecule has 0 N–H and O–H groups in total. The zero-order valence-electron chi connectivity index (χ0n) is 12.6. The van der Waals surface area contributed by atoms with Gasteiger partial charge in [-0.05, 0) is 19.4 Å². The standard InChI is InChI=1S/C14H24N4OS/c1-11(2)8-12-15-13(20-16-12)18-6-5-17(3)14(9-18)4-7-19-10-14/h11H,4-10H2,1-3H3/t14-/m1/s1. The van der Waals surface area contributed by atoms with E-state index in [-0.39, 0.29) is 5.54 Å². The number of aromatic nitrogens is 2. The number of anilines is 1. The number of hydrogen-bond donors (Lipinski definition) is 0. The predicted octanol–water partition coefficient (Wildman–Crippen LogP) is 1.65. The van der Waals surface area contributed by atoms with E-state index in [1.807, 2.05) is 0 Å². The molecule has 20 heavy (non-hydrogen) atoms. The van der Waals surface area contributed by atoms with Crippen molar-refractivity contribution in [3.05, 3.63) is 5.82 Å². The highest BCUT2D eigenvalue weighted by atomic mass is 32.1. The summed E-state index contributed by atoms with van der Waals surface area (Å²) in [5, 5.41) is 1.08. The van der Waals surface area contributed by atoms with E-state index in [1.54, 1.807) is 11.5 Å². The molecule has 0 amide bonds. The minimum atomic E-state index is 0.183. The summed E-state index contributed by atoms with van der Waals surface area (Å²) in [6.07, 6.45) is 2.09. The average molecular weight is 296 g/mol. The van der Waals surface area contributed by atoms with Gasteiger partial charge in [0.2, 0.25) is 5.13 Å². The molecule has 112 valence electrons. The van der Waals surface area contributed by atoms with Gasteiger partial charge in [-0.25, -0.2) is 4.98 Å². The monoisotopic (exact) mass is 296 g/mol. The van der Waals surface area contributed by atoms with Gasteiger partial charge in [0, 0.05) is 44.2 Å². The smallest absolute Gasteiger partial charge is 0.205 e. The highest BCUT2D eigenvalue weighted by Gasteiger charge is 2.43. The molecule has 1 atom stereocenters. The van der Waals surface area contributed by atoms with Crippen LogP contribution in [-0.2, 0) is 11.2 Å². The summed E-state index contributed by atoms with van der Waals surface area (Å²) in [5.41, 5.74) is 0.183. The molecule has 2 fully saturated rings. The summed E-state index contributed by atoms with van der Waals surface area (Å²) in [6, 6.07) is 0. The normalized spacial score (nSPS) is 27.9. The fourth-order valence-corrected chi connectivity index (χ4v) is 3.79. The van der Waals surface area contributed by atoms with Gasteiger partial charge in [-0.3, -0.25) is 4.90 Å². The Kier molecular flexibility index (Phi) is 3.97. The largest absolute Gasteiger partial charge is 0.379 e. The molecule has 5 nitrogen and oxygen atoms in total. The molecule has 0 aliphatic carbocycles. The molecule has 0 aromatic carbocycles. The van der Waals surface area contributed by atoms with Gasteiger partial charge in [0.1, 0.15) is 5.82 Å². The van der Waals surface area contributed by atoms with Crippen molar-refractivity contribution >= 4 is 16.7 Å². The maximum absolute atomic E-state index is 5.65. The highest BCUT2D eigenvalue weighted by molar-refractivity contribution is 7.09. The first-order valence-electron chi connectivity index (χ1n) is 7.46. The van der Waals surface area contributed by atoms with Crippen LogP contribution < -0.4 is 4.90 Å². The predicted molar refractivity (Wildman–Crippen MR) is 81.5 cm³/mol. The van der Waals surface area contributed by atoms with Crippen molar-refractivity contribution < 1.29 is 4.74 Å². The van der Waals surface area contributed by atoms with Gasteiger partial charge in [0.15, 0.2) is 0 Å². The molecule has 3 heterocycles. The summed E-state index contributed by atoms with van der Waals surface area (Å²) in [6.45, 7) is 9.27. The molecule has 1 aromatic heterocycles. The van der Waals surface area contributed by atoms with Crippen molar-refractivity contribution in [2.24, 2.45) is 5.92 Å². The molecular weight excluding hydrogens is 272 g/mol. The SMILES string of the molecule is CC(C)Cc1nsc(N2CCN(C)[C@]3(CCOC3)C2)n1. The fraction of sp³-hybridized carbons (Fsp3) is 0.857. The zero-order chi connectivity index (χ0) is 14.2. The van der Waals surface area contributed by atoms with Crippen LogP contribution in [0.3, 0.4) is 0 Å². The lowest BCUT2D eigenvalue weighted by Gasteiger charge is -2.46. The lowest BCUT2D eigenvalue weighted by molar-refractivity contribution is 0.0777.